The summed E-state index contributed by atoms with van der Waals surface area (Å²) in [5.74, 6) is -0.261. The zero-order valence-corrected chi connectivity index (χ0v) is 14.2. The van der Waals surface area contributed by atoms with Gasteiger partial charge in [0.05, 0.1) is 17.4 Å². The van der Waals surface area contributed by atoms with Gasteiger partial charge in [-0.15, -0.1) is 0 Å². The van der Waals surface area contributed by atoms with Crippen molar-refractivity contribution < 1.29 is 17.6 Å². The minimum absolute atomic E-state index is 0.157. The molecule has 1 aromatic carbocycles. The van der Waals surface area contributed by atoms with Crippen LogP contribution >= 0.6 is 0 Å². The lowest BCUT2D eigenvalue weighted by Gasteiger charge is -2.16. The standard InChI is InChI=1S/C17H20N2O4S/c1-12-10-14(5-6-15(12)13-7-9-23-11-13)24(21,22)19-16-4-2-3-8-18-17(16)20/h5-7,9-11,16,19H,2-4,8H2,1H3,(H,18,20)/t16-/m1/s1. The van der Waals surface area contributed by atoms with Crippen LogP contribution in [0.3, 0.4) is 0 Å². The number of aryl methyl sites for hydroxylation is 1. The van der Waals surface area contributed by atoms with Gasteiger partial charge in [0, 0.05) is 12.1 Å². The molecule has 6 nitrogen and oxygen atoms in total. The minimum atomic E-state index is -3.75. The van der Waals surface area contributed by atoms with Crippen molar-refractivity contribution >= 4 is 15.9 Å². The molecule has 24 heavy (non-hydrogen) atoms. The summed E-state index contributed by atoms with van der Waals surface area (Å²) in [6.07, 6.45) is 5.38. The van der Waals surface area contributed by atoms with E-state index in [9.17, 15) is 13.2 Å². The van der Waals surface area contributed by atoms with Crippen molar-refractivity contribution in [3.05, 3.63) is 42.4 Å². The van der Waals surface area contributed by atoms with Gasteiger partial charge in [0.15, 0.2) is 0 Å². The molecule has 1 fully saturated rings. The number of carbonyl (C=O) groups excluding carboxylic acids is 1. The van der Waals surface area contributed by atoms with E-state index >= 15 is 0 Å². The molecular weight excluding hydrogens is 328 g/mol. The normalized spacial score (nSPS) is 18.9. The van der Waals surface area contributed by atoms with E-state index in [1.165, 1.54) is 0 Å². The molecule has 0 unspecified atom stereocenters. The first-order chi connectivity index (χ1) is 11.5. The van der Waals surface area contributed by atoms with Crippen LogP contribution in [0.25, 0.3) is 11.1 Å². The molecule has 1 atom stereocenters. The molecule has 0 bridgehead atoms. The molecule has 1 aromatic heterocycles. The van der Waals surface area contributed by atoms with E-state index in [4.69, 9.17) is 4.42 Å². The third-order valence-corrected chi connectivity index (χ3v) is 5.64. The van der Waals surface area contributed by atoms with Crippen molar-refractivity contribution in [2.24, 2.45) is 0 Å². The van der Waals surface area contributed by atoms with Crippen molar-refractivity contribution in [2.45, 2.75) is 37.1 Å². The first kappa shape index (κ1) is 16.7. The predicted molar refractivity (Wildman–Crippen MR) is 89.9 cm³/mol. The van der Waals surface area contributed by atoms with E-state index in [-0.39, 0.29) is 10.8 Å². The number of furan rings is 1. The fraction of sp³-hybridized carbons (Fsp3) is 0.353. The molecule has 1 aliphatic rings. The molecule has 3 rings (SSSR count). The Kier molecular flexibility index (Phi) is 4.73. The topological polar surface area (TPSA) is 88.4 Å². The van der Waals surface area contributed by atoms with Gasteiger partial charge in [0.2, 0.25) is 15.9 Å². The van der Waals surface area contributed by atoms with Crippen LogP contribution in [-0.2, 0) is 14.8 Å². The van der Waals surface area contributed by atoms with E-state index in [1.807, 2.05) is 13.0 Å². The van der Waals surface area contributed by atoms with Gasteiger partial charge in [-0.2, -0.15) is 4.72 Å². The summed E-state index contributed by atoms with van der Waals surface area (Å²) in [7, 11) is -3.75. The van der Waals surface area contributed by atoms with Crippen LogP contribution < -0.4 is 10.0 Å². The Balaban J connectivity index is 1.84. The molecule has 2 aromatic rings. The van der Waals surface area contributed by atoms with Gasteiger partial charge in [0.25, 0.3) is 0 Å². The second-order valence-corrected chi connectivity index (χ2v) is 7.66. The summed E-state index contributed by atoms with van der Waals surface area (Å²) in [6.45, 7) is 2.44. The molecule has 0 aliphatic carbocycles. The van der Waals surface area contributed by atoms with Crippen LogP contribution in [0.2, 0.25) is 0 Å². The van der Waals surface area contributed by atoms with Gasteiger partial charge in [-0.3, -0.25) is 4.79 Å². The van der Waals surface area contributed by atoms with Crippen LogP contribution in [0.1, 0.15) is 24.8 Å². The number of rotatable bonds is 4. The van der Waals surface area contributed by atoms with Gasteiger partial charge >= 0.3 is 0 Å². The van der Waals surface area contributed by atoms with E-state index in [0.717, 1.165) is 29.5 Å². The molecule has 0 spiro atoms. The number of benzene rings is 1. The maximum atomic E-state index is 12.6. The molecule has 1 aliphatic heterocycles. The summed E-state index contributed by atoms with van der Waals surface area (Å²) in [5, 5.41) is 2.73. The molecule has 0 saturated carbocycles. The lowest BCUT2D eigenvalue weighted by molar-refractivity contribution is -0.122. The summed E-state index contributed by atoms with van der Waals surface area (Å²) in [4.78, 5) is 12.1. The van der Waals surface area contributed by atoms with Crippen LogP contribution in [0.4, 0.5) is 0 Å². The number of hydrogen-bond donors (Lipinski definition) is 2. The Morgan fingerprint density at radius 2 is 2.08 bits per heavy atom. The molecule has 0 radical (unpaired) electrons. The molecule has 1 amide bonds. The van der Waals surface area contributed by atoms with E-state index in [0.29, 0.717) is 13.0 Å². The molecule has 7 heteroatoms. The Hall–Kier alpha value is -2.12. The fourth-order valence-corrected chi connectivity index (χ4v) is 4.17. The molecule has 128 valence electrons. The Morgan fingerprint density at radius 1 is 1.25 bits per heavy atom. The van der Waals surface area contributed by atoms with Gasteiger partial charge < -0.3 is 9.73 Å². The second kappa shape index (κ2) is 6.78. The fourth-order valence-electron chi connectivity index (χ4n) is 2.85. The summed E-state index contributed by atoms with van der Waals surface area (Å²) in [6, 6.07) is 6.02. The highest BCUT2D eigenvalue weighted by Gasteiger charge is 2.27. The average molecular weight is 348 g/mol. The highest BCUT2D eigenvalue weighted by atomic mass is 32.2. The first-order valence-corrected chi connectivity index (χ1v) is 9.39. The van der Waals surface area contributed by atoms with E-state index in [2.05, 4.69) is 10.0 Å². The Bertz CT molecular complexity index is 828. The SMILES string of the molecule is Cc1cc(S(=O)(=O)N[C@@H]2CCCCNC2=O)ccc1-c1ccoc1. The number of carbonyl (C=O) groups is 1. The molecule has 2 heterocycles. The van der Waals surface area contributed by atoms with E-state index < -0.39 is 16.1 Å². The lowest BCUT2D eigenvalue weighted by atomic mass is 10.0. The Morgan fingerprint density at radius 3 is 2.79 bits per heavy atom. The van der Waals surface area contributed by atoms with Gasteiger partial charge in [-0.05, 0) is 55.5 Å². The van der Waals surface area contributed by atoms with Crippen molar-refractivity contribution in [1.82, 2.24) is 10.0 Å². The largest absolute Gasteiger partial charge is 0.472 e. The maximum absolute atomic E-state index is 12.6. The van der Waals surface area contributed by atoms with Gasteiger partial charge in [0.1, 0.15) is 6.04 Å². The second-order valence-electron chi connectivity index (χ2n) is 5.95. The van der Waals surface area contributed by atoms with Crippen LogP contribution in [0, 0.1) is 6.92 Å². The summed E-state index contributed by atoms with van der Waals surface area (Å²) >= 11 is 0. The van der Waals surface area contributed by atoms with Crippen LogP contribution in [0.5, 0.6) is 0 Å². The smallest absolute Gasteiger partial charge is 0.241 e. The molecule has 2 N–H and O–H groups in total. The quantitative estimate of drug-likeness (QED) is 0.886. The highest BCUT2D eigenvalue weighted by molar-refractivity contribution is 7.89. The molecule has 1 saturated heterocycles. The predicted octanol–water partition coefficient (Wildman–Crippen LogP) is 2.20. The minimum Gasteiger partial charge on any atom is -0.472 e. The average Bonchev–Trinajstić information content (AvgIpc) is 3.00. The number of hydrogen-bond acceptors (Lipinski definition) is 4. The molecular formula is C17H20N2O4S. The summed E-state index contributed by atoms with van der Waals surface area (Å²) in [5.41, 5.74) is 2.63. The monoisotopic (exact) mass is 348 g/mol. The number of amides is 1. The Labute approximate surface area is 141 Å². The van der Waals surface area contributed by atoms with Crippen LogP contribution in [0.15, 0.2) is 46.1 Å². The third kappa shape index (κ3) is 3.52. The van der Waals surface area contributed by atoms with E-state index in [1.54, 1.807) is 30.7 Å². The number of sulfonamides is 1. The summed E-state index contributed by atoms with van der Waals surface area (Å²) < 4.78 is 32.8. The van der Waals surface area contributed by atoms with Crippen molar-refractivity contribution in [3.8, 4) is 11.1 Å². The lowest BCUT2D eigenvalue weighted by Crippen LogP contribution is -2.45. The number of nitrogens with one attached hydrogen (secondary N) is 2. The maximum Gasteiger partial charge on any atom is 0.241 e. The van der Waals surface area contributed by atoms with Gasteiger partial charge in [-0.1, -0.05) is 6.07 Å². The highest BCUT2D eigenvalue weighted by Crippen LogP contribution is 2.26. The third-order valence-electron chi connectivity index (χ3n) is 4.17. The van der Waals surface area contributed by atoms with Gasteiger partial charge in [-0.25, -0.2) is 8.42 Å². The van der Waals surface area contributed by atoms with Crippen molar-refractivity contribution in [3.63, 3.8) is 0 Å². The zero-order valence-electron chi connectivity index (χ0n) is 13.4. The first-order valence-electron chi connectivity index (χ1n) is 7.90. The zero-order chi connectivity index (χ0) is 17.2. The van der Waals surface area contributed by atoms with Crippen molar-refractivity contribution in [2.75, 3.05) is 6.54 Å². The van der Waals surface area contributed by atoms with Crippen LogP contribution in [-0.4, -0.2) is 26.9 Å². The van der Waals surface area contributed by atoms with Crippen molar-refractivity contribution in [1.29, 1.82) is 0 Å².